The van der Waals surface area contributed by atoms with Gasteiger partial charge in [0, 0.05) is 28.2 Å². The van der Waals surface area contributed by atoms with Gasteiger partial charge in [-0.3, -0.25) is 9.59 Å². The van der Waals surface area contributed by atoms with Gasteiger partial charge in [-0.1, -0.05) is 36.4 Å². The topological polar surface area (TPSA) is 309 Å². The predicted octanol–water partition coefficient (Wildman–Crippen LogP) is 5.10. The summed E-state index contributed by atoms with van der Waals surface area (Å²) in [5.41, 5.74) is -0.329. The Hall–Kier alpha value is -5.97. The first-order chi connectivity index (χ1) is 24.4. The van der Waals surface area contributed by atoms with E-state index in [0.29, 0.717) is 11.4 Å². The van der Waals surface area contributed by atoms with Crippen molar-refractivity contribution < 1.29 is 63.6 Å². The molecule has 4 aromatic rings. The van der Waals surface area contributed by atoms with E-state index in [0.717, 1.165) is 36.4 Å². The van der Waals surface area contributed by atoms with Crippen LogP contribution in [-0.2, 0) is 46.4 Å². The van der Waals surface area contributed by atoms with E-state index in [2.05, 4.69) is 31.1 Å². The SMILES string of the molecule is C/C(O)=C(/N=Nc1cc(S(N)(=O)=O)ccc1O)C(=O)Nc1ccccc1.C/C(O)=C(/N=Nc1cc(S(N)(=O)=O)ccc1O)C(=O)Nc1ccccc1.[Co]. The van der Waals surface area contributed by atoms with E-state index in [4.69, 9.17) is 10.3 Å². The number of aliphatic hydroxyl groups excluding tert-OH is 2. The van der Waals surface area contributed by atoms with Gasteiger partial charge in [0.1, 0.15) is 34.4 Å². The van der Waals surface area contributed by atoms with E-state index in [-0.39, 0.29) is 49.4 Å². The Morgan fingerprint density at radius 1 is 0.585 bits per heavy atom. The molecule has 281 valence electrons. The molecule has 4 rings (SSSR count). The summed E-state index contributed by atoms with van der Waals surface area (Å²) in [7, 11) is -8.01. The van der Waals surface area contributed by atoms with Gasteiger partial charge in [0.15, 0.2) is 11.4 Å². The number of hydrogen-bond acceptors (Lipinski definition) is 14. The number of azo groups is 2. The molecule has 53 heavy (non-hydrogen) atoms. The van der Waals surface area contributed by atoms with E-state index in [1.165, 1.54) is 13.8 Å². The Kier molecular flexibility index (Phi) is 15.5. The molecule has 0 saturated carbocycles. The average molecular weight is 812 g/mol. The number of nitrogens with two attached hydrogens (primary N) is 2. The molecule has 18 nitrogen and oxygen atoms in total. The molecular weight excluding hydrogens is 779 g/mol. The number of aromatic hydroxyl groups is 2. The minimum Gasteiger partial charge on any atom is -0.510 e. The number of aliphatic hydroxyl groups is 2. The first kappa shape index (κ1) is 43.2. The third-order valence-corrected chi connectivity index (χ3v) is 8.07. The smallest absolute Gasteiger partial charge is 0.279 e. The molecule has 0 atom stereocenters. The molecule has 0 saturated heterocycles. The van der Waals surface area contributed by atoms with Crippen LogP contribution in [0.25, 0.3) is 0 Å². The Balaban J connectivity index is 0.000000360. The number of carbonyl (C=O) groups excluding carboxylic acids is 2. The number of phenols is 2. The van der Waals surface area contributed by atoms with Crippen molar-refractivity contribution in [3.05, 3.63) is 120 Å². The van der Waals surface area contributed by atoms with Crippen molar-refractivity contribution in [1.82, 2.24) is 0 Å². The number of carbonyl (C=O) groups is 2. The number of amides is 2. The molecular formula is C32H32CoN8O10S2. The molecule has 0 spiro atoms. The molecule has 21 heteroatoms. The van der Waals surface area contributed by atoms with Crippen molar-refractivity contribution in [3.63, 3.8) is 0 Å². The van der Waals surface area contributed by atoms with Crippen LogP contribution in [-0.4, -0.2) is 49.1 Å². The van der Waals surface area contributed by atoms with Crippen LogP contribution < -0.4 is 20.9 Å². The molecule has 0 bridgehead atoms. The van der Waals surface area contributed by atoms with Crippen LogP contribution in [0.4, 0.5) is 22.7 Å². The van der Waals surface area contributed by atoms with Gasteiger partial charge in [0.2, 0.25) is 20.0 Å². The number of hydrogen-bond donors (Lipinski definition) is 8. The predicted molar refractivity (Wildman–Crippen MR) is 189 cm³/mol. The van der Waals surface area contributed by atoms with Crippen molar-refractivity contribution in [2.45, 2.75) is 23.6 Å². The van der Waals surface area contributed by atoms with Crippen LogP contribution in [0.15, 0.2) is 150 Å². The first-order valence-electron chi connectivity index (χ1n) is 14.4. The summed E-state index contributed by atoms with van der Waals surface area (Å²) < 4.78 is 45.5. The van der Waals surface area contributed by atoms with Gasteiger partial charge < -0.3 is 31.1 Å². The summed E-state index contributed by atoms with van der Waals surface area (Å²) in [5, 5.41) is 68.5. The summed E-state index contributed by atoms with van der Waals surface area (Å²) >= 11 is 0. The molecule has 0 aromatic heterocycles. The summed E-state index contributed by atoms with van der Waals surface area (Å²) in [6.45, 7) is 2.47. The minimum absolute atomic E-state index is 0. The van der Waals surface area contributed by atoms with Crippen molar-refractivity contribution in [2.75, 3.05) is 10.6 Å². The Morgan fingerprint density at radius 2 is 0.906 bits per heavy atom. The number of nitrogens with zero attached hydrogens (tertiary/aromatic N) is 4. The van der Waals surface area contributed by atoms with Crippen molar-refractivity contribution >= 4 is 54.6 Å². The maximum Gasteiger partial charge on any atom is 0.279 e. The monoisotopic (exact) mass is 811 g/mol. The van der Waals surface area contributed by atoms with Crippen LogP contribution in [0.5, 0.6) is 11.5 Å². The fraction of sp³-hybridized carbons (Fsp3) is 0.0625. The van der Waals surface area contributed by atoms with Crippen molar-refractivity contribution in [3.8, 4) is 11.5 Å². The van der Waals surface area contributed by atoms with Crippen LogP contribution in [0.3, 0.4) is 0 Å². The van der Waals surface area contributed by atoms with Gasteiger partial charge in [0.25, 0.3) is 11.8 Å². The molecule has 0 fully saturated rings. The molecule has 0 aliphatic carbocycles. The number of anilines is 2. The van der Waals surface area contributed by atoms with Crippen molar-refractivity contribution in [1.29, 1.82) is 0 Å². The third kappa shape index (κ3) is 13.3. The third-order valence-electron chi connectivity index (χ3n) is 6.25. The normalized spacial score (nSPS) is 12.5. The van der Waals surface area contributed by atoms with Gasteiger partial charge in [-0.05, 0) is 74.5 Å². The van der Waals surface area contributed by atoms with E-state index in [1.807, 2.05) is 0 Å². The van der Waals surface area contributed by atoms with E-state index in [1.54, 1.807) is 60.7 Å². The summed E-state index contributed by atoms with van der Waals surface area (Å²) in [4.78, 5) is 23.9. The second-order valence-electron chi connectivity index (χ2n) is 10.3. The summed E-state index contributed by atoms with van der Waals surface area (Å²) in [5.74, 6) is -3.04. The standard InChI is InChI=1S/2C16H16N4O5S.Co/c2*1-10(21)15(16(23)18-11-5-3-2-4-6-11)20-19-13-9-12(26(17,24)25)7-8-14(13)22;/h2*2-9,21-22H,1H3,(H,18,23)(H2,17,24,25);/b2*15-10-,20-19?;. The largest absolute Gasteiger partial charge is 0.510 e. The van der Waals surface area contributed by atoms with E-state index in [9.17, 15) is 46.9 Å². The number of para-hydroxylation sites is 2. The minimum atomic E-state index is -4.01. The maximum atomic E-state index is 12.2. The molecule has 0 heterocycles. The molecule has 0 aliphatic rings. The number of sulfonamides is 2. The van der Waals surface area contributed by atoms with Gasteiger partial charge in [-0.25, -0.2) is 27.1 Å². The number of primary sulfonamides is 2. The first-order valence-corrected chi connectivity index (χ1v) is 17.5. The number of phenolic OH excluding ortho intramolecular Hbond substituents is 2. The molecule has 0 unspecified atom stereocenters. The molecule has 0 aliphatic heterocycles. The van der Waals surface area contributed by atoms with Gasteiger partial charge in [0.05, 0.1) is 9.79 Å². The van der Waals surface area contributed by atoms with Crippen LogP contribution in [0, 0.1) is 0 Å². The zero-order valence-corrected chi connectivity index (χ0v) is 30.2. The fourth-order valence-corrected chi connectivity index (χ4v) is 4.78. The quantitative estimate of drug-likeness (QED) is 0.0595. The van der Waals surface area contributed by atoms with Gasteiger partial charge in [-0.2, -0.15) is 0 Å². The van der Waals surface area contributed by atoms with E-state index < -0.39 is 54.8 Å². The second-order valence-corrected chi connectivity index (χ2v) is 13.4. The number of nitrogens with one attached hydrogen (secondary N) is 2. The van der Waals surface area contributed by atoms with E-state index >= 15 is 0 Å². The van der Waals surface area contributed by atoms with Crippen LogP contribution in [0.1, 0.15) is 13.8 Å². The van der Waals surface area contributed by atoms with Crippen molar-refractivity contribution in [2.24, 2.45) is 30.7 Å². The van der Waals surface area contributed by atoms with Crippen LogP contribution in [0.2, 0.25) is 0 Å². The Bertz CT molecular complexity index is 2130. The number of benzene rings is 4. The molecule has 10 N–H and O–H groups in total. The average Bonchev–Trinajstić information content (AvgIpc) is 3.06. The summed E-state index contributed by atoms with van der Waals surface area (Å²) in [6.07, 6.45) is 0. The number of allylic oxidation sites excluding steroid dienone is 2. The fourth-order valence-electron chi connectivity index (χ4n) is 3.72. The summed E-state index contributed by atoms with van der Waals surface area (Å²) in [6, 6.07) is 23.3. The zero-order valence-electron chi connectivity index (χ0n) is 27.6. The molecule has 4 aromatic carbocycles. The van der Waals surface area contributed by atoms with Crippen LogP contribution >= 0.6 is 0 Å². The molecule has 2 amide bonds. The Morgan fingerprint density at radius 3 is 1.19 bits per heavy atom. The zero-order chi connectivity index (χ0) is 38.6. The maximum absolute atomic E-state index is 12.2. The second kappa shape index (κ2) is 19.0. The van der Waals surface area contributed by atoms with Gasteiger partial charge >= 0.3 is 0 Å². The van der Waals surface area contributed by atoms with Gasteiger partial charge in [-0.15, -0.1) is 20.5 Å². The Labute approximate surface area is 313 Å². The number of rotatable bonds is 10. The molecule has 1 radical (unpaired) electrons.